The quantitative estimate of drug-likeness (QED) is 0.380. The second kappa shape index (κ2) is 8.26. The van der Waals surface area contributed by atoms with Gasteiger partial charge in [0.05, 0.1) is 17.8 Å². The lowest BCUT2D eigenvalue weighted by molar-refractivity contribution is 0.204. The Bertz CT molecular complexity index is 440. The van der Waals surface area contributed by atoms with E-state index in [4.69, 9.17) is 40.2 Å². The highest BCUT2D eigenvalue weighted by atomic mass is 35.5. The summed E-state index contributed by atoms with van der Waals surface area (Å²) in [5.74, 6) is 0. The number of halogens is 2. The molecule has 0 aliphatic rings. The smallest absolute Gasteiger partial charge is 0.187 e. The summed E-state index contributed by atoms with van der Waals surface area (Å²) >= 11 is 16.8. The van der Waals surface area contributed by atoms with Gasteiger partial charge in [0.25, 0.3) is 0 Å². The molecule has 0 unspecified atom stereocenters. The van der Waals surface area contributed by atoms with Crippen molar-refractivity contribution in [3.8, 4) is 0 Å². The summed E-state index contributed by atoms with van der Waals surface area (Å²) in [5.41, 5.74) is 3.43. The first-order valence-corrected chi connectivity index (χ1v) is 6.31. The van der Waals surface area contributed by atoms with Crippen molar-refractivity contribution in [1.82, 2.24) is 10.7 Å². The molecule has 1 aromatic carbocycles. The molecule has 0 amide bonds. The molecule has 0 bridgehead atoms. The van der Waals surface area contributed by atoms with E-state index in [1.54, 1.807) is 31.5 Å². The van der Waals surface area contributed by atoms with Crippen molar-refractivity contribution in [3.63, 3.8) is 0 Å². The van der Waals surface area contributed by atoms with Crippen LogP contribution in [0, 0.1) is 0 Å². The molecular weight excluding hydrogens is 293 g/mol. The van der Waals surface area contributed by atoms with E-state index in [1.807, 2.05) is 0 Å². The van der Waals surface area contributed by atoms with Crippen LogP contribution < -0.4 is 10.7 Å². The largest absolute Gasteiger partial charge is 0.383 e. The third-order valence-corrected chi connectivity index (χ3v) is 2.72. The number of ether oxygens (including phenoxy) is 1. The fraction of sp³-hybridized carbons (Fsp3) is 0.273. The van der Waals surface area contributed by atoms with Crippen LogP contribution in [0.15, 0.2) is 23.3 Å². The van der Waals surface area contributed by atoms with E-state index in [2.05, 4.69) is 15.8 Å². The topological polar surface area (TPSA) is 45.6 Å². The van der Waals surface area contributed by atoms with Crippen LogP contribution in [-0.4, -0.2) is 31.6 Å². The van der Waals surface area contributed by atoms with Gasteiger partial charge in [0, 0.05) is 24.2 Å². The van der Waals surface area contributed by atoms with Gasteiger partial charge in [-0.15, -0.1) is 0 Å². The van der Waals surface area contributed by atoms with Crippen molar-refractivity contribution < 1.29 is 4.74 Å². The van der Waals surface area contributed by atoms with Gasteiger partial charge in [0.1, 0.15) is 0 Å². The zero-order valence-corrected chi connectivity index (χ0v) is 12.1. The van der Waals surface area contributed by atoms with Crippen LogP contribution >= 0.6 is 35.4 Å². The lowest BCUT2D eigenvalue weighted by atomic mass is 10.2. The fourth-order valence-electron chi connectivity index (χ4n) is 1.07. The summed E-state index contributed by atoms with van der Waals surface area (Å²) in [6.45, 7) is 1.20. The van der Waals surface area contributed by atoms with Crippen molar-refractivity contribution in [3.05, 3.63) is 33.8 Å². The number of benzene rings is 1. The molecule has 0 aliphatic heterocycles. The fourth-order valence-corrected chi connectivity index (χ4v) is 1.68. The summed E-state index contributed by atoms with van der Waals surface area (Å²) in [6.07, 6.45) is 1.57. The minimum atomic E-state index is 0.424. The minimum Gasteiger partial charge on any atom is -0.383 e. The summed E-state index contributed by atoms with van der Waals surface area (Å²) in [6, 6.07) is 5.17. The summed E-state index contributed by atoms with van der Waals surface area (Å²) < 4.78 is 4.87. The maximum Gasteiger partial charge on any atom is 0.187 e. The Hall–Kier alpha value is -0.880. The molecule has 1 aromatic rings. The van der Waals surface area contributed by atoms with Crippen molar-refractivity contribution >= 4 is 46.7 Å². The average molecular weight is 306 g/mol. The molecule has 0 aromatic heterocycles. The van der Waals surface area contributed by atoms with Gasteiger partial charge in [-0.2, -0.15) is 5.10 Å². The van der Waals surface area contributed by atoms with Gasteiger partial charge in [-0.3, -0.25) is 5.43 Å². The molecule has 18 heavy (non-hydrogen) atoms. The summed E-state index contributed by atoms with van der Waals surface area (Å²) in [5, 5.41) is 8.43. The van der Waals surface area contributed by atoms with Crippen LogP contribution in [0.2, 0.25) is 10.0 Å². The predicted molar refractivity (Wildman–Crippen MR) is 79.7 cm³/mol. The third kappa shape index (κ3) is 5.64. The zero-order valence-electron chi connectivity index (χ0n) is 9.74. The number of nitrogens with zero attached hydrogens (tertiary/aromatic N) is 1. The highest BCUT2D eigenvalue weighted by molar-refractivity contribution is 7.80. The molecule has 0 atom stereocenters. The lowest BCUT2D eigenvalue weighted by Gasteiger charge is -2.05. The van der Waals surface area contributed by atoms with E-state index < -0.39 is 0 Å². The van der Waals surface area contributed by atoms with E-state index in [1.165, 1.54) is 0 Å². The summed E-state index contributed by atoms with van der Waals surface area (Å²) in [7, 11) is 1.62. The number of rotatable bonds is 5. The molecule has 2 N–H and O–H groups in total. The highest BCUT2D eigenvalue weighted by Crippen LogP contribution is 2.19. The summed E-state index contributed by atoms with van der Waals surface area (Å²) in [4.78, 5) is 0. The number of nitrogens with one attached hydrogen (secondary N) is 2. The number of hydrogen-bond acceptors (Lipinski definition) is 3. The molecule has 98 valence electrons. The van der Waals surface area contributed by atoms with Gasteiger partial charge in [-0.25, -0.2) is 0 Å². The SMILES string of the molecule is COCCNC(=S)NN=Cc1ccc(Cl)cc1Cl. The molecule has 0 saturated heterocycles. The molecule has 0 aliphatic carbocycles. The standard InChI is InChI=1S/C11H13Cl2N3OS/c1-17-5-4-14-11(18)16-15-7-8-2-3-9(12)6-10(8)13/h2-3,6-7H,4-5H2,1H3,(H2,14,16,18). The van der Waals surface area contributed by atoms with Gasteiger partial charge < -0.3 is 10.1 Å². The van der Waals surface area contributed by atoms with Crippen molar-refractivity contribution in [2.75, 3.05) is 20.3 Å². The van der Waals surface area contributed by atoms with Crippen LogP contribution in [0.1, 0.15) is 5.56 Å². The molecule has 0 radical (unpaired) electrons. The Balaban J connectivity index is 2.42. The Morgan fingerprint density at radius 3 is 2.94 bits per heavy atom. The number of methoxy groups -OCH3 is 1. The molecule has 0 saturated carbocycles. The molecule has 0 fully saturated rings. The van der Waals surface area contributed by atoms with Crippen LogP contribution in [0.25, 0.3) is 0 Å². The number of thiocarbonyl (C=S) groups is 1. The van der Waals surface area contributed by atoms with Gasteiger partial charge >= 0.3 is 0 Å². The Labute approximate surface area is 121 Å². The lowest BCUT2D eigenvalue weighted by Crippen LogP contribution is -2.34. The van der Waals surface area contributed by atoms with Gasteiger partial charge in [-0.1, -0.05) is 29.3 Å². The van der Waals surface area contributed by atoms with Crippen LogP contribution in [0.5, 0.6) is 0 Å². The van der Waals surface area contributed by atoms with E-state index in [0.29, 0.717) is 28.3 Å². The maximum atomic E-state index is 5.98. The first-order valence-electron chi connectivity index (χ1n) is 5.14. The maximum absolute atomic E-state index is 5.98. The van der Waals surface area contributed by atoms with Crippen LogP contribution in [0.4, 0.5) is 0 Å². The Kier molecular flexibility index (Phi) is 6.97. The first kappa shape index (κ1) is 15.2. The molecule has 0 heterocycles. The van der Waals surface area contributed by atoms with Crippen molar-refractivity contribution in [1.29, 1.82) is 0 Å². The predicted octanol–water partition coefficient (Wildman–Crippen LogP) is 2.44. The van der Waals surface area contributed by atoms with E-state index in [0.717, 1.165) is 5.56 Å². The average Bonchev–Trinajstić information content (AvgIpc) is 2.32. The van der Waals surface area contributed by atoms with E-state index in [9.17, 15) is 0 Å². The Morgan fingerprint density at radius 1 is 1.50 bits per heavy atom. The van der Waals surface area contributed by atoms with Crippen molar-refractivity contribution in [2.45, 2.75) is 0 Å². The van der Waals surface area contributed by atoms with Crippen LogP contribution in [0.3, 0.4) is 0 Å². The highest BCUT2D eigenvalue weighted by Gasteiger charge is 1.98. The van der Waals surface area contributed by atoms with E-state index >= 15 is 0 Å². The van der Waals surface area contributed by atoms with Gasteiger partial charge in [0.2, 0.25) is 0 Å². The van der Waals surface area contributed by atoms with Crippen LogP contribution in [-0.2, 0) is 4.74 Å². The third-order valence-electron chi connectivity index (χ3n) is 1.92. The molecule has 7 heteroatoms. The number of hydrazone groups is 1. The normalized spacial score (nSPS) is 10.6. The number of hydrogen-bond donors (Lipinski definition) is 2. The monoisotopic (exact) mass is 305 g/mol. The second-order valence-corrected chi connectivity index (χ2v) is 4.54. The van der Waals surface area contributed by atoms with Gasteiger partial charge in [-0.05, 0) is 24.4 Å². The minimum absolute atomic E-state index is 0.424. The second-order valence-electron chi connectivity index (χ2n) is 3.28. The molecule has 1 rings (SSSR count). The zero-order chi connectivity index (χ0) is 13.4. The molecule has 4 nitrogen and oxygen atoms in total. The van der Waals surface area contributed by atoms with Crippen molar-refractivity contribution in [2.24, 2.45) is 5.10 Å². The van der Waals surface area contributed by atoms with Gasteiger partial charge in [0.15, 0.2) is 5.11 Å². The first-order chi connectivity index (χ1) is 8.63. The molecular formula is C11H13Cl2N3OS. The molecule has 0 spiro atoms. The van der Waals surface area contributed by atoms with E-state index in [-0.39, 0.29) is 0 Å². The Morgan fingerprint density at radius 2 is 2.28 bits per heavy atom.